The number of sulfonamides is 1. The van der Waals surface area contributed by atoms with Crippen molar-refractivity contribution in [2.24, 2.45) is 0 Å². The Hall–Kier alpha value is -3.16. The van der Waals surface area contributed by atoms with Gasteiger partial charge in [0.1, 0.15) is 5.75 Å². The molecule has 7 heteroatoms. The number of rotatable bonds is 8. The van der Waals surface area contributed by atoms with Crippen molar-refractivity contribution in [3.05, 3.63) is 95.1 Å². The van der Waals surface area contributed by atoms with Crippen LogP contribution in [0, 0.1) is 6.92 Å². The van der Waals surface area contributed by atoms with Crippen molar-refractivity contribution in [1.29, 1.82) is 0 Å². The summed E-state index contributed by atoms with van der Waals surface area (Å²) >= 11 is 0. The highest BCUT2D eigenvalue weighted by Gasteiger charge is 2.20. The standard InChI is InChI=1S/C24H26N2O4S/c1-18-8-14-22(15-9-18)31(28,29)26(2)17-19-10-12-20(13-11-19)24(27)25-16-21-6-4-5-7-23(21)30-3/h4-15H,16-17H2,1-3H3,(H,25,27). The van der Waals surface area contributed by atoms with Crippen molar-refractivity contribution in [3.63, 3.8) is 0 Å². The molecule has 0 atom stereocenters. The van der Waals surface area contributed by atoms with E-state index in [9.17, 15) is 13.2 Å². The molecule has 1 N–H and O–H groups in total. The predicted molar refractivity (Wildman–Crippen MR) is 120 cm³/mol. The van der Waals surface area contributed by atoms with Gasteiger partial charge in [0, 0.05) is 31.3 Å². The second kappa shape index (κ2) is 9.76. The van der Waals surface area contributed by atoms with Crippen molar-refractivity contribution in [2.75, 3.05) is 14.2 Å². The van der Waals surface area contributed by atoms with Gasteiger partial charge in [0.15, 0.2) is 0 Å². The van der Waals surface area contributed by atoms with Crippen LogP contribution in [0.4, 0.5) is 0 Å². The van der Waals surface area contributed by atoms with Crippen LogP contribution in [0.1, 0.15) is 27.0 Å². The van der Waals surface area contributed by atoms with Gasteiger partial charge in [-0.25, -0.2) is 8.42 Å². The van der Waals surface area contributed by atoms with Crippen LogP contribution in [-0.4, -0.2) is 32.8 Å². The van der Waals surface area contributed by atoms with E-state index in [1.165, 1.54) is 4.31 Å². The van der Waals surface area contributed by atoms with Gasteiger partial charge < -0.3 is 10.1 Å². The van der Waals surface area contributed by atoms with Crippen molar-refractivity contribution in [3.8, 4) is 5.75 Å². The molecule has 31 heavy (non-hydrogen) atoms. The summed E-state index contributed by atoms with van der Waals surface area (Å²) in [6, 6.07) is 21.2. The number of carbonyl (C=O) groups is 1. The lowest BCUT2D eigenvalue weighted by Crippen LogP contribution is -2.26. The van der Waals surface area contributed by atoms with Gasteiger partial charge in [-0.05, 0) is 42.8 Å². The number of para-hydroxylation sites is 1. The number of carbonyl (C=O) groups excluding carboxylic acids is 1. The molecule has 0 heterocycles. The largest absolute Gasteiger partial charge is 0.496 e. The molecule has 0 aliphatic heterocycles. The quantitative estimate of drug-likeness (QED) is 0.581. The highest BCUT2D eigenvalue weighted by Crippen LogP contribution is 2.19. The zero-order valence-electron chi connectivity index (χ0n) is 17.8. The molecule has 0 fully saturated rings. The summed E-state index contributed by atoms with van der Waals surface area (Å²) in [5.41, 5.74) is 3.18. The van der Waals surface area contributed by atoms with Crippen molar-refractivity contribution < 1.29 is 17.9 Å². The molecule has 6 nitrogen and oxygen atoms in total. The van der Waals surface area contributed by atoms with Crippen molar-refractivity contribution in [1.82, 2.24) is 9.62 Å². The van der Waals surface area contributed by atoms with Gasteiger partial charge >= 0.3 is 0 Å². The Kier molecular flexibility index (Phi) is 7.09. The Labute approximate surface area is 183 Å². The number of nitrogens with one attached hydrogen (secondary N) is 1. The van der Waals surface area contributed by atoms with Gasteiger partial charge in [0.2, 0.25) is 10.0 Å². The molecule has 162 valence electrons. The van der Waals surface area contributed by atoms with Crippen LogP contribution in [0.2, 0.25) is 0 Å². The molecule has 0 aliphatic rings. The SMILES string of the molecule is COc1ccccc1CNC(=O)c1ccc(CN(C)S(=O)(=O)c2ccc(C)cc2)cc1. The Balaban J connectivity index is 1.63. The van der Waals surface area contributed by atoms with Gasteiger partial charge in [-0.2, -0.15) is 4.31 Å². The molecule has 0 radical (unpaired) electrons. The van der Waals surface area contributed by atoms with E-state index in [1.54, 1.807) is 62.7 Å². The third kappa shape index (κ3) is 5.51. The molecule has 0 aromatic heterocycles. The van der Waals surface area contributed by atoms with E-state index in [-0.39, 0.29) is 17.3 Å². The average Bonchev–Trinajstić information content (AvgIpc) is 2.78. The second-order valence-electron chi connectivity index (χ2n) is 7.27. The smallest absolute Gasteiger partial charge is 0.251 e. The number of amides is 1. The lowest BCUT2D eigenvalue weighted by Gasteiger charge is -2.17. The topological polar surface area (TPSA) is 75.7 Å². The van der Waals surface area contributed by atoms with E-state index in [2.05, 4.69) is 5.32 Å². The maximum Gasteiger partial charge on any atom is 0.251 e. The molecular formula is C24H26N2O4S. The third-order valence-corrected chi connectivity index (χ3v) is 6.80. The number of aryl methyl sites for hydroxylation is 1. The third-order valence-electron chi connectivity index (χ3n) is 4.98. The van der Waals surface area contributed by atoms with E-state index in [0.717, 1.165) is 22.4 Å². The molecule has 0 unspecified atom stereocenters. The summed E-state index contributed by atoms with van der Waals surface area (Å²) in [6.45, 7) is 2.47. The minimum Gasteiger partial charge on any atom is -0.496 e. The molecule has 0 bridgehead atoms. The predicted octanol–water partition coefficient (Wildman–Crippen LogP) is 3.75. The molecule has 0 saturated carbocycles. The Morgan fingerprint density at radius 2 is 1.61 bits per heavy atom. The van der Waals surface area contributed by atoms with Crippen LogP contribution in [0.3, 0.4) is 0 Å². The zero-order chi connectivity index (χ0) is 22.4. The van der Waals surface area contributed by atoms with Gasteiger partial charge in [-0.15, -0.1) is 0 Å². The summed E-state index contributed by atoms with van der Waals surface area (Å²) < 4.78 is 32.1. The lowest BCUT2D eigenvalue weighted by molar-refractivity contribution is 0.0950. The number of benzene rings is 3. The van der Waals surface area contributed by atoms with Gasteiger partial charge in [0.05, 0.1) is 12.0 Å². The summed E-state index contributed by atoms with van der Waals surface area (Å²) in [7, 11) is -0.447. The highest BCUT2D eigenvalue weighted by atomic mass is 32.2. The number of nitrogens with zero attached hydrogens (tertiary/aromatic N) is 1. The van der Waals surface area contributed by atoms with E-state index >= 15 is 0 Å². The lowest BCUT2D eigenvalue weighted by atomic mass is 10.1. The first-order valence-electron chi connectivity index (χ1n) is 9.83. The highest BCUT2D eigenvalue weighted by molar-refractivity contribution is 7.89. The zero-order valence-corrected chi connectivity index (χ0v) is 18.6. The molecule has 3 rings (SSSR count). The Morgan fingerprint density at radius 3 is 2.26 bits per heavy atom. The molecule has 1 amide bonds. The number of hydrogen-bond acceptors (Lipinski definition) is 4. The fourth-order valence-corrected chi connectivity index (χ4v) is 4.28. The van der Waals surface area contributed by atoms with Crippen LogP contribution in [0.25, 0.3) is 0 Å². The normalized spacial score (nSPS) is 11.4. The monoisotopic (exact) mass is 438 g/mol. The van der Waals surface area contributed by atoms with E-state index in [4.69, 9.17) is 4.74 Å². The second-order valence-corrected chi connectivity index (χ2v) is 9.31. The maximum atomic E-state index is 12.7. The summed E-state index contributed by atoms with van der Waals surface area (Å²) in [5, 5.41) is 2.88. The summed E-state index contributed by atoms with van der Waals surface area (Å²) in [5.74, 6) is 0.508. The summed E-state index contributed by atoms with van der Waals surface area (Å²) in [6.07, 6.45) is 0. The van der Waals surface area contributed by atoms with Crippen molar-refractivity contribution >= 4 is 15.9 Å². The Morgan fingerprint density at radius 1 is 0.968 bits per heavy atom. The maximum absolute atomic E-state index is 12.7. The first-order valence-corrected chi connectivity index (χ1v) is 11.3. The van der Waals surface area contributed by atoms with Crippen LogP contribution in [0.15, 0.2) is 77.7 Å². The molecule has 3 aromatic carbocycles. The van der Waals surface area contributed by atoms with Crippen LogP contribution in [-0.2, 0) is 23.1 Å². The molecule has 0 aliphatic carbocycles. The Bertz CT molecular complexity index is 1140. The van der Waals surface area contributed by atoms with E-state index in [1.807, 2.05) is 31.2 Å². The number of methoxy groups -OCH3 is 1. The number of hydrogen-bond donors (Lipinski definition) is 1. The van der Waals surface area contributed by atoms with Crippen LogP contribution in [0.5, 0.6) is 5.75 Å². The fourth-order valence-electron chi connectivity index (χ4n) is 3.12. The van der Waals surface area contributed by atoms with Gasteiger partial charge in [-0.1, -0.05) is 48.0 Å². The molecule has 0 spiro atoms. The van der Waals surface area contributed by atoms with Crippen molar-refractivity contribution in [2.45, 2.75) is 24.9 Å². The molecular weight excluding hydrogens is 412 g/mol. The van der Waals surface area contributed by atoms with E-state index < -0.39 is 10.0 Å². The first-order chi connectivity index (χ1) is 14.8. The van der Waals surface area contributed by atoms with Gasteiger partial charge in [0.25, 0.3) is 5.91 Å². The fraction of sp³-hybridized carbons (Fsp3) is 0.208. The first kappa shape index (κ1) is 22.5. The van der Waals surface area contributed by atoms with Crippen LogP contribution < -0.4 is 10.1 Å². The summed E-state index contributed by atoms with van der Waals surface area (Å²) in [4.78, 5) is 12.7. The average molecular weight is 439 g/mol. The molecule has 3 aromatic rings. The minimum absolute atomic E-state index is 0.208. The number of ether oxygens (including phenoxy) is 1. The van der Waals surface area contributed by atoms with Crippen LogP contribution >= 0.6 is 0 Å². The van der Waals surface area contributed by atoms with E-state index in [0.29, 0.717) is 12.1 Å². The minimum atomic E-state index is -3.58. The molecule has 0 saturated heterocycles. The van der Waals surface area contributed by atoms with Gasteiger partial charge in [-0.3, -0.25) is 4.79 Å².